The lowest BCUT2D eigenvalue weighted by atomic mass is 9.91. The van der Waals surface area contributed by atoms with Crippen molar-refractivity contribution in [1.82, 2.24) is 19.9 Å². The highest BCUT2D eigenvalue weighted by atomic mass is 35.5. The molecule has 198 valence electrons. The van der Waals surface area contributed by atoms with Crippen LogP contribution in [0.15, 0.2) is 54.7 Å². The van der Waals surface area contributed by atoms with E-state index in [2.05, 4.69) is 20.6 Å². The number of carbonyl (C=O) groups is 1. The average molecular weight is 544 g/mol. The zero-order valence-electron chi connectivity index (χ0n) is 20.5. The molecule has 2 aromatic heterocycles. The third-order valence-electron chi connectivity index (χ3n) is 6.56. The van der Waals surface area contributed by atoms with Gasteiger partial charge in [-0.3, -0.25) is 9.78 Å². The van der Waals surface area contributed by atoms with Gasteiger partial charge in [-0.1, -0.05) is 11.6 Å². The first-order valence-electron chi connectivity index (χ1n) is 12.1. The Balaban J connectivity index is 1.30. The van der Waals surface area contributed by atoms with Crippen molar-refractivity contribution >= 4 is 40.1 Å². The number of carbonyl (C=O) groups excluding carboxylic acids is 1. The van der Waals surface area contributed by atoms with E-state index in [0.717, 1.165) is 37.5 Å². The quantitative estimate of drug-likeness (QED) is 0.285. The summed E-state index contributed by atoms with van der Waals surface area (Å²) in [5.74, 6) is 1.79. The Hall–Kier alpha value is -3.63. The van der Waals surface area contributed by atoms with Gasteiger partial charge in [0.05, 0.1) is 27.3 Å². The summed E-state index contributed by atoms with van der Waals surface area (Å²) >= 11 is 5.85. The zero-order valence-corrected chi connectivity index (χ0v) is 21.2. The molecule has 0 radical (unpaired) electrons. The van der Waals surface area contributed by atoms with Crippen LogP contribution >= 0.6 is 11.6 Å². The molecule has 1 fully saturated rings. The predicted octanol–water partition coefficient (Wildman–Crippen LogP) is 6.29. The number of aryl methyl sites for hydroxylation is 1. The van der Waals surface area contributed by atoms with E-state index in [-0.39, 0.29) is 18.1 Å². The van der Waals surface area contributed by atoms with Crippen molar-refractivity contribution in [2.75, 3.05) is 18.4 Å². The number of hydrogen-bond donors (Lipinski definition) is 2. The lowest BCUT2D eigenvalue weighted by molar-refractivity contribution is -0.137. The lowest BCUT2D eigenvalue weighted by Crippen LogP contribution is -2.32. The number of benzene rings is 2. The molecule has 38 heavy (non-hydrogen) atoms. The number of alkyl halides is 3. The fourth-order valence-corrected chi connectivity index (χ4v) is 4.81. The van der Waals surface area contributed by atoms with Crippen molar-refractivity contribution in [1.29, 1.82) is 0 Å². The van der Waals surface area contributed by atoms with E-state index >= 15 is 0 Å². The number of hydrogen-bond acceptors (Lipinski definition) is 6. The number of nitrogens with zero attached hydrogens (tertiary/aromatic N) is 3. The normalized spacial score (nSPS) is 14.6. The first kappa shape index (κ1) is 26.0. The number of ketones is 1. The van der Waals surface area contributed by atoms with Crippen molar-refractivity contribution in [3.05, 3.63) is 71.0 Å². The molecule has 7 nitrogen and oxygen atoms in total. The van der Waals surface area contributed by atoms with Crippen LogP contribution in [0.25, 0.3) is 11.0 Å². The van der Waals surface area contributed by atoms with E-state index in [1.54, 1.807) is 42.1 Å². The Bertz CT molecular complexity index is 1480. The number of ether oxygens (including phenoxy) is 1. The minimum absolute atomic E-state index is 0.0654. The van der Waals surface area contributed by atoms with Crippen LogP contribution in [0.3, 0.4) is 0 Å². The van der Waals surface area contributed by atoms with Crippen LogP contribution in [0.5, 0.6) is 11.5 Å². The largest absolute Gasteiger partial charge is 0.457 e. The molecule has 0 atom stereocenters. The van der Waals surface area contributed by atoms with Crippen LogP contribution in [0.1, 0.15) is 24.1 Å². The summed E-state index contributed by atoms with van der Waals surface area (Å²) < 4.78 is 46.8. The van der Waals surface area contributed by atoms with Gasteiger partial charge in [-0.05, 0) is 62.3 Å². The van der Waals surface area contributed by atoms with E-state index in [1.165, 1.54) is 12.1 Å². The minimum atomic E-state index is -4.53. The van der Waals surface area contributed by atoms with Crippen molar-refractivity contribution < 1.29 is 22.7 Å². The second-order valence-electron chi connectivity index (χ2n) is 9.21. The summed E-state index contributed by atoms with van der Waals surface area (Å²) in [6.07, 6.45) is -0.938. The van der Waals surface area contributed by atoms with Crippen molar-refractivity contribution in [3.8, 4) is 11.5 Å². The predicted molar refractivity (Wildman–Crippen MR) is 139 cm³/mol. The summed E-state index contributed by atoms with van der Waals surface area (Å²) in [6.45, 7) is 1.72. The topological polar surface area (TPSA) is 81.1 Å². The van der Waals surface area contributed by atoms with Gasteiger partial charge in [-0.25, -0.2) is 4.98 Å². The molecule has 0 amide bonds. The molecule has 4 aromatic rings. The van der Waals surface area contributed by atoms with Crippen molar-refractivity contribution in [2.45, 2.75) is 25.4 Å². The summed E-state index contributed by atoms with van der Waals surface area (Å²) in [5, 5.41) is 5.89. The third kappa shape index (κ3) is 5.76. The van der Waals surface area contributed by atoms with Gasteiger partial charge in [0.15, 0.2) is 0 Å². The highest BCUT2D eigenvalue weighted by molar-refractivity contribution is 6.31. The van der Waals surface area contributed by atoms with E-state index in [0.29, 0.717) is 34.3 Å². The van der Waals surface area contributed by atoms with Gasteiger partial charge < -0.3 is 19.9 Å². The van der Waals surface area contributed by atoms with Crippen LogP contribution in [0.2, 0.25) is 5.02 Å². The van der Waals surface area contributed by atoms with Crippen LogP contribution in [-0.2, 0) is 24.4 Å². The van der Waals surface area contributed by atoms with Gasteiger partial charge in [-0.15, -0.1) is 0 Å². The van der Waals surface area contributed by atoms with Crippen LogP contribution < -0.4 is 15.4 Å². The third-order valence-corrected chi connectivity index (χ3v) is 6.87. The van der Waals surface area contributed by atoms with Gasteiger partial charge in [0.25, 0.3) is 0 Å². The second kappa shape index (κ2) is 10.6. The summed E-state index contributed by atoms with van der Waals surface area (Å²) in [6, 6.07) is 12.3. The summed E-state index contributed by atoms with van der Waals surface area (Å²) in [5.41, 5.74) is 1.56. The molecular formula is C27H25ClF3N5O2. The summed E-state index contributed by atoms with van der Waals surface area (Å²) in [4.78, 5) is 21.5. The minimum Gasteiger partial charge on any atom is -0.457 e. The molecule has 3 heterocycles. The van der Waals surface area contributed by atoms with E-state index in [1.807, 2.05) is 6.07 Å². The highest BCUT2D eigenvalue weighted by Crippen LogP contribution is 2.36. The molecule has 0 aliphatic carbocycles. The number of imidazole rings is 1. The molecular weight excluding hydrogens is 519 g/mol. The van der Waals surface area contributed by atoms with Gasteiger partial charge in [-0.2, -0.15) is 13.2 Å². The van der Waals surface area contributed by atoms with Crippen LogP contribution in [-0.4, -0.2) is 33.4 Å². The Morgan fingerprint density at radius 2 is 1.89 bits per heavy atom. The number of fused-ring (bicyclic) bond motifs is 1. The average Bonchev–Trinajstić information content (AvgIpc) is 3.18. The maximum atomic E-state index is 13.0. The molecule has 0 spiro atoms. The van der Waals surface area contributed by atoms with E-state index in [9.17, 15) is 18.0 Å². The molecule has 1 aliphatic rings. The molecule has 1 aliphatic heterocycles. The monoisotopic (exact) mass is 543 g/mol. The Morgan fingerprint density at radius 3 is 2.63 bits per heavy atom. The van der Waals surface area contributed by atoms with E-state index in [4.69, 9.17) is 16.3 Å². The first-order valence-corrected chi connectivity index (χ1v) is 12.5. The highest BCUT2D eigenvalue weighted by Gasteiger charge is 2.33. The number of anilines is 2. The van der Waals surface area contributed by atoms with Gasteiger partial charge in [0.2, 0.25) is 5.95 Å². The Kier molecular flexibility index (Phi) is 7.27. The van der Waals surface area contributed by atoms with Gasteiger partial charge in [0.1, 0.15) is 17.3 Å². The standard InChI is InChI=1S/C27H25ClF3N5O2/c1-36-24-5-3-19(38-20-8-11-33-18(12-20)14-25(37)16-6-9-32-10-7-16)15-23(24)35-26(36)34-17-2-4-21(22(28)13-17)27(29,30)31/h2-5,8,11-13,15-16,32H,6-7,9-10,14H2,1H3,(H,34,35). The molecule has 0 unspecified atom stereocenters. The van der Waals surface area contributed by atoms with Crippen molar-refractivity contribution in [2.24, 2.45) is 13.0 Å². The number of rotatable bonds is 7. The first-order chi connectivity index (χ1) is 18.2. The number of nitrogens with one attached hydrogen (secondary N) is 2. The number of aromatic nitrogens is 3. The van der Waals surface area contributed by atoms with Crippen LogP contribution in [0, 0.1) is 5.92 Å². The molecule has 2 aromatic carbocycles. The zero-order chi connectivity index (χ0) is 26.9. The number of pyridine rings is 1. The molecule has 0 saturated carbocycles. The maximum absolute atomic E-state index is 13.0. The molecule has 0 bridgehead atoms. The number of Topliss-reactive ketones (excluding diaryl/α,β-unsaturated/α-hetero) is 1. The molecule has 2 N–H and O–H groups in total. The Labute approximate surface area is 222 Å². The van der Waals surface area contributed by atoms with Gasteiger partial charge in [0, 0.05) is 43.4 Å². The fourth-order valence-electron chi connectivity index (χ4n) is 4.53. The van der Waals surface area contributed by atoms with Crippen molar-refractivity contribution in [3.63, 3.8) is 0 Å². The van der Waals surface area contributed by atoms with Gasteiger partial charge >= 0.3 is 6.18 Å². The molecule has 11 heteroatoms. The molecule has 1 saturated heterocycles. The Morgan fingerprint density at radius 1 is 1.13 bits per heavy atom. The maximum Gasteiger partial charge on any atom is 0.417 e. The second-order valence-corrected chi connectivity index (χ2v) is 9.62. The SMILES string of the molecule is Cn1c(Nc2ccc(C(F)(F)F)c(Cl)c2)nc2cc(Oc3ccnc(CC(=O)C4CCNCC4)c3)ccc21. The van der Waals surface area contributed by atoms with Crippen LogP contribution in [0.4, 0.5) is 24.8 Å². The fraction of sp³-hybridized carbons (Fsp3) is 0.296. The molecule has 5 rings (SSSR count). The summed E-state index contributed by atoms with van der Waals surface area (Å²) in [7, 11) is 1.79. The lowest BCUT2D eigenvalue weighted by Gasteiger charge is -2.21. The number of piperidine rings is 1. The van der Waals surface area contributed by atoms with E-state index < -0.39 is 16.8 Å². The number of halogens is 4. The smallest absolute Gasteiger partial charge is 0.417 e.